The Bertz CT molecular complexity index is 541. The van der Waals surface area contributed by atoms with Crippen LogP contribution >= 0.6 is 0 Å². The Kier molecular flexibility index (Phi) is 5.45. The second-order valence-electron chi connectivity index (χ2n) is 4.74. The molecule has 1 saturated heterocycles. The number of β-amino-alcohol motifs (C(OH)–C–C–N with tert-alkyl or cyclic N) is 1. The third kappa shape index (κ3) is 3.88. The summed E-state index contributed by atoms with van der Waals surface area (Å²) in [5, 5.41) is 11.8. The van der Waals surface area contributed by atoms with Crippen molar-refractivity contribution >= 4 is 16.0 Å². The predicted octanol–water partition coefficient (Wildman–Crippen LogP) is -0.793. The third-order valence-electron chi connectivity index (χ3n) is 3.35. The molecule has 2 N–H and O–H groups in total. The van der Waals surface area contributed by atoms with Crippen LogP contribution in [-0.2, 0) is 10.0 Å². The third-order valence-corrected chi connectivity index (χ3v) is 5.20. The van der Waals surface area contributed by atoms with Gasteiger partial charge in [-0.15, -0.1) is 0 Å². The zero-order valence-electron chi connectivity index (χ0n) is 12.1. The molecule has 118 valence electrons. The molecule has 21 heavy (non-hydrogen) atoms. The van der Waals surface area contributed by atoms with E-state index in [4.69, 9.17) is 5.11 Å². The lowest BCUT2D eigenvalue weighted by Gasteiger charge is -2.33. The summed E-state index contributed by atoms with van der Waals surface area (Å²) in [6.45, 7) is 5.33. The quantitative estimate of drug-likeness (QED) is 0.709. The molecule has 1 aliphatic rings. The predicted molar refractivity (Wildman–Crippen MR) is 78.5 cm³/mol. The molecule has 1 fully saturated rings. The summed E-state index contributed by atoms with van der Waals surface area (Å²) in [4.78, 5) is 10.2. The number of piperazine rings is 1. The Morgan fingerprint density at radius 3 is 2.38 bits per heavy atom. The highest BCUT2D eigenvalue weighted by atomic mass is 32.2. The van der Waals surface area contributed by atoms with E-state index in [-0.39, 0.29) is 11.5 Å². The standard InChI is InChI=1S/C12H21N5O3S/c1-2-13-12-14-9-11(10-15-12)21(19,20)17-5-3-16(4-6-17)7-8-18/h9-10,18H,2-8H2,1H3,(H,13,14,15). The number of anilines is 1. The van der Waals surface area contributed by atoms with Gasteiger partial charge in [-0.2, -0.15) is 4.31 Å². The average Bonchev–Trinajstić information content (AvgIpc) is 2.49. The van der Waals surface area contributed by atoms with Crippen molar-refractivity contribution in [1.29, 1.82) is 0 Å². The first-order chi connectivity index (χ1) is 10.1. The minimum absolute atomic E-state index is 0.0898. The van der Waals surface area contributed by atoms with E-state index in [2.05, 4.69) is 15.3 Å². The molecule has 0 spiro atoms. The van der Waals surface area contributed by atoms with Gasteiger partial charge in [0.2, 0.25) is 16.0 Å². The number of rotatable bonds is 6. The minimum atomic E-state index is -3.54. The van der Waals surface area contributed by atoms with Crippen LogP contribution in [0.5, 0.6) is 0 Å². The molecule has 0 aliphatic carbocycles. The van der Waals surface area contributed by atoms with Crippen LogP contribution in [0.3, 0.4) is 0 Å². The van der Waals surface area contributed by atoms with Crippen LogP contribution in [-0.4, -0.2) is 78.6 Å². The van der Waals surface area contributed by atoms with Gasteiger partial charge in [0.05, 0.1) is 19.0 Å². The summed E-state index contributed by atoms with van der Waals surface area (Å²) in [5.74, 6) is 0.421. The number of aliphatic hydroxyl groups excluding tert-OH is 1. The SMILES string of the molecule is CCNc1ncc(S(=O)(=O)N2CCN(CCO)CC2)cn1. The number of nitrogens with one attached hydrogen (secondary N) is 1. The maximum atomic E-state index is 12.5. The van der Waals surface area contributed by atoms with Crippen LogP contribution in [0.4, 0.5) is 5.95 Å². The lowest BCUT2D eigenvalue weighted by atomic mass is 10.4. The van der Waals surface area contributed by atoms with Gasteiger partial charge in [0, 0.05) is 39.3 Å². The number of aromatic nitrogens is 2. The van der Waals surface area contributed by atoms with Crippen molar-refractivity contribution in [3.05, 3.63) is 12.4 Å². The number of nitrogens with zero attached hydrogens (tertiary/aromatic N) is 4. The molecule has 9 heteroatoms. The maximum absolute atomic E-state index is 12.5. The number of hydrogen-bond donors (Lipinski definition) is 2. The van der Waals surface area contributed by atoms with Gasteiger partial charge in [0.1, 0.15) is 4.90 Å². The van der Waals surface area contributed by atoms with Crippen LogP contribution in [0, 0.1) is 0 Å². The molecule has 0 aromatic carbocycles. The van der Waals surface area contributed by atoms with Crippen LogP contribution in [0.25, 0.3) is 0 Å². The normalized spacial score (nSPS) is 17.8. The van der Waals surface area contributed by atoms with Crippen LogP contribution in [0.15, 0.2) is 17.3 Å². The first kappa shape index (κ1) is 16.1. The summed E-state index contributed by atoms with van der Waals surface area (Å²) in [5.41, 5.74) is 0. The number of sulfonamides is 1. The van der Waals surface area contributed by atoms with Gasteiger partial charge in [-0.25, -0.2) is 18.4 Å². The van der Waals surface area contributed by atoms with Gasteiger partial charge in [-0.05, 0) is 6.92 Å². The lowest BCUT2D eigenvalue weighted by molar-refractivity contribution is 0.151. The lowest BCUT2D eigenvalue weighted by Crippen LogP contribution is -2.49. The molecule has 0 saturated carbocycles. The van der Waals surface area contributed by atoms with E-state index >= 15 is 0 Å². The molecule has 1 aromatic rings. The van der Waals surface area contributed by atoms with Gasteiger partial charge in [-0.1, -0.05) is 0 Å². The molecule has 0 radical (unpaired) electrons. The summed E-state index contributed by atoms with van der Waals surface area (Å²) < 4.78 is 26.4. The fourth-order valence-corrected chi connectivity index (χ4v) is 3.50. The highest BCUT2D eigenvalue weighted by Gasteiger charge is 2.28. The molecule has 2 heterocycles. The molecular formula is C12H21N5O3S. The van der Waals surface area contributed by atoms with E-state index in [9.17, 15) is 8.42 Å². The molecule has 0 amide bonds. The van der Waals surface area contributed by atoms with Gasteiger partial charge in [0.25, 0.3) is 0 Å². The highest BCUT2D eigenvalue weighted by Crippen LogP contribution is 2.16. The van der Waals surface area contributed by atoms with Crippen LogP contribution < -0.4 is 5.32 Å². The summed E-state index contributed by atoms with van der Waals surface area (Å²) >= 11 is 0. The summed E-state index contributed by atoms with van der Waals surface area (Å²) in [6.07, 6.45) is 2.67. The molecule has 1 aliphatic heterocycles. The van der Waals surface area contributed by atoms with E-state index in [1.807, 2.05) is 11.8 Å². The largest absolute Gasteiger partial charge is 0.395 e. The molecule has 0 atom stereocenters. The first-order valence-corrected chi connectivity index (χ1v) is 8.41. The summed E-state index contributed by atoms with van der Waals surface area (Å²) in [6, 6.07) is 0. The molecule has 8 nitrogen and oxygen atoms in total. The van der Waals surface area contributed by atoms with E-state index in [1.165, 1.54) is 16.7 Å². The number of hydrogen-bond acceptors (Lipinski definition) is 7. The van der Waals surface area contributed by atoms with Gasteiger partial charge in [-0.3, -0.25) is 4.90 Å². The zero-order valence-corrected chi connectivity index (χ0v) is 12.9. The second-order valence-corrected chi connectivity index (χ2v) is 6.68. The topological polar surface area (TPSA) is 98.7 Å². The van der Waals surface area contributed by atoms with Crippen molar-refractivity contribution in [3.8, 4) is 0 Å². The van der Waals surface area contributed by atoms with Crippen molar-refractivity contribution in [1.82, 2.24) is 19.2 Å². The van der Waals surface area contributed by atoms with E-state index in [1.54, 1.807) is 0 Å². The van der Waals surface area contributed by atoms with Crippen LogP contribution in [0.2, 0.25) is 0 Å². The molecule has 1 aromatic heterocycles. The Balaban J connectivity index is 2.04. The Hall–Kier alpha value is -1.29. The minimum Gasteiger partial charge on any atom is -0.395 e. The van der Waals surface area contributed by atoms with Crippen molar-refractivity contribution in [3.63, 3.8) is 0 Å². The average molecular weight is 315 g/mol. The van der Waals surface area contributed by atoms with Crippen molar-refractivity contribution in [2.45, 2.75) is 11.8 Å². The van der Waals surface area contributed by atoms with Crippen molar-refractivity contribution in [2.75, 3.05) is 51.2 Å². The van der Waals surface area contributed by atoms with Crippen molar-refractivity contribution < 1.29 is 13.5 Å². The Labute approximate surface area is 124 Å². The van der Waals surface area contributed by atoms with Crippen LogP contribution in [0.1, 0.15) is 6.92 Å². The van der Waals surface area contributed by atoms with Gasteiger partial charge >= 0.3 is 0 Å². The Morgan fingerprint density at radius 2 is 1.86 bits per heavy atom. The second kappa shape index (κ2) is 7.12. The first-order valence-electron chi connectivity index (χ1n) is 6.97. The number of aliphatic hydroxyl groups is 1. The Morgan fingerprint density at radius 1 is 1.24 bits per heavy atom. The molecule has 0 bridgehead atoms. The smallest absolute Gasteiger partial charge is 0.246 e. The molecule has 0 unspecified atom stereocenters. The highest BCUT2D eigenvalue weighted by molar-refractivity contribution is 7.89. The van der Waals surface area contributed by atoms with E-state index in [0.29, 0.717) is 45.2 Å². The molecular weight excluding hydrogens is 294 g/mol. The zero-order chi connectivity index (χ0) is 15.3. The monoisotopic (exact) mass is 315 g/mol. The van der Waals surface area contributed by atoms with Crippen molar-refractivity contribution in [2.24, 2.45) is 0 Å². The van der Waals surface area contributed by atoms with E-state index < -0.39 is 10.0 Å². The summed E-state index contributed by atoms with van der Waals surface area (Å²) in [7, 11) is -3.54. The fourth-order valence-electron chi connectivity index (χ4n) is 2.18. The van der Waals surface area contributed by atoms with Gasteiger partial charge < -0.3 is 10.4 Å². The maximum Gasteiger partial charge on any atom is 0.246 e. The molecule has 2 rings (SSSR count). The van der Waals surface area contributed by atoms with E-state index in [0.717, 1.165) is 0 Å². The van der Waals surface area contributed by atoms with Gasteiger partial charge in [0.15, 0.2) is 0 Å². The fraction of sp³-hybridized carbons (Fsp3) is 0.667.